The largest absolute Gasteiger partial charge is 0.355 e. The maximum absolute atomic E-state index is 11.9. The first kappa shape index (κ1) is 31.9. The number of carbonyl (C=O) groups excluding carboxylic acids is 3. The molecule has 47 heavy (non-hydrogen) atoms. The summed E-state index contributed by atoms with van der Waals surface area (Å²) in [5, 5.41) is 1.66. The van der Waals surface area contributed by atoms with Crippen LogP contribution in [0.1, 0.15) is 80.9 Å². The number of nitrogens with zero attached hydrogens (tertiary/aromatic N) is 5. The van der Waals surface area contributed by atoms with Gasteiger partial charge in [-0.1, -0.05) is 55.7 Å². The highest BCUT2D eigenvalue weighted by Crippen LogP contribution is 2.32. The summed E-state index contributed by atoms with van der Waals surface area (Å²) >= 11 is 0. The second-order valence-electron chi connectivity index (χ2n) is 12.3. The molecule has 9 heteroatoms. The van der Waals surface area contributed by atoms with Crippen LogP contribution in [0.5, 0.6) is 0 Å². The fourth-order valence-corrected chi connectivity index (χ4v) is 6.23. The Morgan fingerprint density at radius 1 is 0.915 bits per heavy atom. The fraction of sp³-hybridized carbons (Fsp3) is 0.368. The molecule has 0 N–H and O–H groups in total. The first-order valence-electron chi connectivity index (χ1n) is 16.5. The molecule has 1 aliphatic carbocycles. The Hall–Kier alpha value is -5.10. The normalized spacial score (nSPS) is 15.4. The lowest BCUT2D eigenvalue weighted by molar-refractivity contribution is -0.197. The lowest BCUT2D eigenvalue weighted by atomic mass is 10.1. The third kappa shape index (κ3) is 7.83. The summed E-state index contributed by atoms with van der Waals surface area (Å²) < 4.78 is 0. The molecule has 0 spiro atoms. The van der Waals surface area contributed by atoms with Crippen LogP contribution < -0.4 is 4.90 Å². The summed E-state index contributed by atoms with van der Waals surface area (Å²) in [5.41, 5.74) is 5.60. The number of carbonyl (C=O) groups is 3. The molecule has 3 heterocycles. The molecule has 2 aliphatic rings. The fourth-order valence-electron chi connectivity index (χ4n) is 6.23. The van der Waals surface area contributed by atoms with Crippen molar-refractivity contribution in [3.63, 3.8) is 0 Å². The van der Waals surface area contributed by atoms with Crippen molar-refractivity contribution in [2.24, 2.45) is 0 Å². The number of rotatable bonds is 12. The summed E-state index contributed by atoms with van der Waals surface area (Å²) in [6.07, 6.45) is 12.6. The van der Waals surface area contributed by atoms with Gasteiger partial charge >= 0.3 is 5.97 Å². The van der Waals surface area contributed by atoms with Crippen molar-refractivity contribution in [2.75, 3.05) is 11.9 Å². The summed E-state index contributed by atoms with van der Waals surface area (Å²) in [6.45, 7) is 0. The Kier molecular flexibility index (Phi) is 10.2. The zero-order valence-electron chi connectivity index (χ0n) is 26.8. The van der Waals surface area contributed by atoms with Gasteiger partial charge in [-0.3, -0.25) is 14.6 Å². The van der Waals surface area contributed by atoms with Crippen LogP contribution in [-0.2, 0) is 32.1 Å². The average molecular weight is 630 g/mol. The Bertz CT molecular complexity index is 1810. The minimum atomic E-state index is -0.521. The minimum absolute atomic E-state index is 0.112. The number of anilines is 1. The van der Waals surface area contributed by atoms with Crippen LogP contribution in [0.3, 0.4) is 0 Å². The van der Waals surface area contributed by atoms with E-state index in [1.54, 1.807) is 12.4 Å². The van der Waals surface area contributed by atoms with Crippen molar-refractivity contribution in [3.8, 4) is 23.2 Å². The average Bonchev–Trinajstić information content (AvgIpc) is 3.67. The zero-order valence-corrected chi connectivity index (χ0v) is 26.8. The van der Waals surface area contributed by atoms with E-state index < -0.39 is 17.8 Å². The van der Waals surface area contributed by atoms with Crippen molar-refractivity contribution in [1.29, 1.82) is 0 Å². The molecule has 1 aliphatic heterocycles. The maximum atomic E-state index is 11.9. The van der Waals surface area contributed by atoms with E-state index in [1.807, 2.05) is 30.3 Å². The van der Waals surface area contributed by atoms with Crippen LogP contribution in [0.15, 0.2) is 67.0 Å². The van der Waals surface area contributed by atoms with Crippen LogP contribution in [0.2, 0.25) is 0 Å². The number of aromatic nitrogens is 3. The number of hydrogen-bond acceptors (Lipinski definition) is 8. The summed E-state index contributed by atoms with van der Waals surface area (Å²) in [7, 11) is 2.13. The van der Waals surface area contributed by atoms with Crippen LogP contribution in [0.4, 0.5) is 5.82 Å². The molecule has 6 rings (SSSR count). The first-order chi connectivity index (χ1) is 23.0. The van der Waals surface area contributed by atoms with Gasteiger partial charge in [0.1, 0.15) is 5.82 Å². The van der Waals surface area contributed by atoms with E-state index in [0.29, 0.717) is 17.3 Å². The molecule has 2 aromatic carbocycles. The van der Waals surface area contributed by atoms with Gasteiger partial charge < -0.3 is 9.74 Å². The summed E-state index contributed by atoms with van der Waals surface area (Å²) in [6, 6.07) is 19.0. The number of pyridine rings is 1. The molecule has 9 nitrogen and oxygen atoms in total. The molecule has 240 valence electrons. The quantitative estimate of drug-likeness (QED) is 0.101. The van der Waals surface area contributed by atoms with E-state index in [0.717, 1.165) is 79.2 Å². The molecule has 0 saturated carbocycles. The second-order valence-corrected chi connectivity index (χ2v) is 12.3. The van der Waals surface area contributed by atoms with E-state index in [9.17, 15) is 14.4 Å². The smallest absolute Gasteiger partial charge is 0.333 e. The van der Waals surface area contributed by atoms with Crippen molar-refractivity contribution in [1.82, 2.24) is 20.0 Å². The van der Waals surface area contributed by atoms with Crippen molar-refractivity contribution in [3.05, 3.63) is 83.7 Å². The Labute approximate surface area is 275 Å². The van der Waals surface area contributed by atoms with Gasteiger partial charge in [0.15, 0.2) is 5.82 Å². The molecule has 1 atom stereocenters. The Morgan fingerprint density at radius 2 is 1.68 bits per heavy atom. The Balaban J connectivity index is 0.950. The summed E-state index contributed by atoms with van der Waals surface area (Å²) in [5.74, 6) is 6.93. The lowest BCUT2D eigenvalue weighted by Crippen LogP contribution is -2.33. The summed E-state index contributed by atoms with van der Waals surface area (Å²) in [4.78, 5) is 56.3. The predicted octanol–water partition coefficient (Wildman–Crippen LogP) is 6.37. The van der Waals surface area contributed by atoms with Crippen LogP contribution >= 0.6 is 0 Å². The molecule has 4 aromatic rings. The number of amides is 2. The third-order valence-electron chi connectivity index (χ3n) is 8.87. The lowest BCUT2D eigenvalue weighted by Gasteiger charge is -2.27. The zero-order chi connectivity index (χ0) is 32.6. The maximum Gasteiger partial charge on any atom is 0.333 e. The van der Waals surface area contributed by atoms with Crippen LogP contribution in [-0.4, -0.2) is 50.9 Å². The van der Waals surface area contributed by atoms with Gasteiger partial charge in [-0.15, -0.1) is 5.06 Å². The van der Waals surface area contributed by atoms with Crippen LogP contribution in [0.25, 0.3) is 22.3 Å². The number of para-hydroxylation sites is 1. The SMILES string of the molecule is CN(c1nc(-c2cccnc2)nc2ccccc12)C1Cc2ccc(C#CCCCCCCCCC(=O)ON3C(=O)CCC3=O)cc2C1. The number of fused-ring (bicyclic) bond motifs is 2. The topological polar surface area (TPSA) is 106 Å². The standard InChI is InChI=1S/C38H39N5O4/c1-42(38-32-15-10-11-16-33(32)40-37(41-38)29-14-12-22-39-26-29)31-24-28-19-18-27(23-30(28)25-31)13-8-6-4-2-3-5-7-9-17-36(46)47-43-34(44)20-21-35(43)45/h10-12,14-16,18-19,22-23,26,31H,2-7,9,17,20-21,24-25H2,1H3. The molecule has 1 unspecified atom stereocenters. The molecule has 1 fully saturated rings. The van der Waals surface area contributed by atoms with Gasteiger partial charge in [0.05, 0.1) is 5.52 Å². The monoisotopic (exact) mass is 629 g/mol. The van der Waals surface area contributed by atoms with E-state index in [2.05, 4.69) is 53.0 Å². The molecular weight excluding hydrogens is 590 g/mol. The van der Waals surface area contributed by atoms with Crippen molar-refractivity contribution < 1.29 is 19.2 Å². The number of hydroxylamine groups is 2. The molecule has 0 bridgehead atoms. The number of unbranched alkanes of at least 4 members (excludes halogenated alkanes) is 6. The van der Waals surface area contributed by atoms with Gasteiger partial charge in [0.25, 0.3) is 11.8 Å². The highest BCUT2D eigenvalue weighted by Gasteiger charge is 2.32. The van der Waals surface area contributed by atoms with Gasteiger partial charge in [0, 0.05) is 67.7 Å². The molecule has 2 amide bonds. The minimum Gasteiger partial charge on any atom is -0.355 e. The van der Waals surface area contributed by atoms with E-state index in [4.69, 9.17) is 14.8 Å². The van der Waals surface area contributed by atoms with E-state index in [1.165, 1.54) is 11.1 Å². The number of hydrogen-bond donors (Lipinski definition) is 0. The van der Waals surface area contributed by atoms with Crippen molar-refractivity contribution >= 4 is 34.5 Å². The number of likely N-dealkylation sites (N-methyl/N-ethyl adjacent to an activating group) is 1. The van der Waals surface area contributed by atoms with Crippen LogP contribution in [0, 0.1) is 11.8 Å². The molecule has 2 aromatic heterocycles. The molecular formula is C38H39N5O4. The first-order valence-corrected chi connectivity index (χ1v) is 16.5. The van der Waals surface area contributed by atoms with Gasteiger partial charge in [0.2, 0.25) is 0 Å². The molecule has 1 saturated heterocycles. The number of imide groups is 1. The Morgan fingerprint density at radius 3 is 2.49 bits per heavy atom. The van der Waals surface area contributed by atoms with E-state index >= 15 is 0 Å². The van der Waals surface area contributed by atoms with Gasteiger partial charge in [-0.25, -0.2) is 14.8 Å². The highest BCUT2D eigenvalue weighted by molar-refractivity contribution is 6.01. The second kappa shape index (κ2) is 15.0. The number of benzene rings is 2. The van der Waals surface area contributed by atoms with Gasteiger partial charge in [-0.05, 0) is 73.2 Å². The third-order valence-corrected chi connectivity index (χ3v) is 8.87. The molecule has 0 radical (unpaired) electrons. The van der Waals surface area contributed by atoms with Crippen molar-refractivity contribution in [2.45, 2.75) is 83.1 Å². The van der Waals surface area contributed by atoms with Gasteiger partial charge in [-0.2, -0.15) is 0 Å². The highest BCUT2D eigenvalue weighted by atomic mass is 16.7. The van der Waals surface area contributed by atoms with E-state index in [-0.39, 0.29) is 25.3 Å². The predicted molar refractivity (Wildman–Crippen MR) is 180 cm³/mol.